The molecule has 0 bridgehead atoms. The van der Waals surface area contributed by atoms with Gasteiger partial charge in [0.1, 0.15) is 0 Å². The molecule has 1 aromatic heterocycles. The fourth-order valence-electron chi connectivity index (χ4n) is 2.15. The minimum Gasteiger partial charge on any atom is -0.309 e. The van der Waals surface area contributed by atoms with Crippen molar-refractivity contribution in [2.24, 2.45) is 0 Å². The Morgan fingerprint density at radius 2 is 2.16 bits per heavy atom. The van der Waals surface area contributed by atoms with Crippen molar-refractivity contribution in [2.75, 3.05) is 6.54 Å². The van der Waals surface area contributed by atoms with Crippen LogP contribution in [0.4, 0.5) is 0 Å². The zero-order valence-electron chi connectivity index (χ0n) is 11.0. The SMILES string of the molecule is CCNC(Cc1ccc(Br)cc1Cl)c1sccc1C. The standard InChI is InChI=1S/C15H17BrClNS/c1-3-18-14(15-10(2)6-7-19-15)8-11-4-5-12(16)9-13(11)17/h4-7,9,14,18H,3,8H2,1-2H3. The van der Waals surface area contributed by atoms with E-state index in [1.807, 2.05) is 23.5 Å². The minimum atomic E-state index is 0.337. The first kappa shape index (κ1) is 15.0. The van der Waals surface area contributed by atoms with Gasteiger partial charge < -0.3 is 5.32 Å². The number of benzene rings is 1. The Hall–Kier alpha value is -0.350. The fourth-order valence-corrected chi connectivity index (χ4v) is 3.91. The maximum Gasteiger partial charge on any atom is 0.0458 e. The maximum absolute atomic E-state index is 6.32. The van der Waals surface area contributed by atoms with Crippen LogP contribution in [0, 0.1) is 6.92 Å². The van der Waals surface area contributed by atoms with Crippen molar-refractivity contribution in [3.05, 3.63) is 55.1 Å². The zero-order chi connectivity index (χ0) is 13.8. The van der Waals surface area contributed by atoms with Gasteiger partial charge in [0.2, 0.25) is 0 Å². The summed E-state index contributed by atoms with van der Waals surface area (Å²) in [6.07, 6.45) is 0.918. The Labute approximate surface area is 132 Å². The van der Waals surface area contributed by atoms with Gasteiger partial charge in [-0.2, -0.15) is 0 Å². The first-order valence-electron chi connectivity index (χ1n) is 6.33. The molecule has 0 aliphatic heterocycles. The lowest BCUT2D eigenvalue weighted by atomic mass is 10.0. The second kappa shape index (κ2) is 6.89. The van der Waals surface area contributed by atoms with Crippen molar-refractivity contribution < 1.29 is 0 Å². The van der Waals surface area contributed by atoms with Gasteiger partial charge in [-0.25, -0.2) is 0 Å². The molecule has 102 valence electrons. The predicted octanol–water partition coefficient (Wildman–Crippen LogP) is 5.37. The summed E-state index contributed by atoms with van der Waals surface area (Å²) in [6, 6.07) is 8.61. The molecule has 4 heteroatoms. The summed E-state index contributed by atoms with van der Waals surface area (Å²) in [5.74, 6) is 0. The highest BCUT2D eigenvalue weighted by Gasteiger charge is 2.16. The molecule has 0 radical (unpaired) electrons. The Morgan fingerprint density at radius 1 is 1.37 bits per heavy atom. The van der Waals surface area contributed by atoms with Crippen molar-refractivity contribution in [2.45, 2.75) is 26.3 Å². The van der Waals surface area contributed by atoms with E-state index < -0.39 is 0 Å². The number of halogens is 2. The second-order valence-corrected chi connectivity index (χ2v) is 6.79. The fraction of sp³-hybridized carbons (Fsp3) is 0.333. The lowest BCUT2D eigenvalue weighted by Crippen LogP contribution is -2.22. The van der Waals surface area contributed by atoms with Crippen molar-refractivity contribution >= 4 is 38.9 Å². The van der Waals surface area contributed by atoms with E-state index in [9.17, 15) is 0 Å². The van der Waals surface area contributed by atoms with Crippen LogP contribution < -0.4 is 5.32 Å². The topological polar surface area (TPSA) is 12.0 Å². The van der Waals surface area contributed by atoms with Crippen LogP contribution in [0.3, 0.4) is 0 Å². The number of likely N-dealkylation sites (N-methyl/N-ethyl adjacent to an activating group) is 1. The van der Waals surface area contributed by atoms with E-state index in [0.29, 0.717) is 6.04 Å². The molecular formula is C15H17BrClNS. The molecule has 0 spiro atoms. The van der Waals surface area contributed by atoms with E-state index in [0.717, 1.165) is 22.5 Å². The number of hydrogen-bond acceptors (Lipinski definition) is 2. The van der Waals surface area contributed by atoms with E-state index in [-0.39, 0.29) is 0 Å². The smallest absolute Gasteiger partial charge is 0.0458 e. The molecular weight excluding hydrogens is 342 g/mol. The molecule has 0 saturated heterocycles. The number of hydrogen-bond donors (Lipinski definition) is 1. The third kappa shape index (κ3) is 3.82. The highest BCUT2D eigenvalue weighted by molar-refractivity contribution is 9.10. The Kier molecular flexibility index (Phi) is 5.46. The van der Waals surface area contributed by atoms with Crippen LogP contribution in [-0.4, -0.2) is 6.54 Å². The number of nitrogens with one attached hydrogen (secondary N) is 1. The quantitative estimate of drug-likeness (QED) is 0.758. The van der Waals surface area contributed by atoms with Crippen molar-refractivity contribution in [3.63, 3.8) is 0 Å². The summed E-state index contributed by atoms with van der Waals surface area (Å²) in [6.45, 7) is 5.26. The molecule has 0 aliphatic carbocycles. The van der Waals surface area contributed by atoms with Gasteiger partial charge >= 0.3 is 0 Å². The third-order valence-corrected chi connectivity index (χ3v) is 5.09. The normalized spacial score (nSPS) is 12.6. The molecule has 1 N–H and O–H groups in total. The first-order valence-corrected chi connectivity index (χ1v) is 8.38. The van der Waals surface area contributed by atoms with Gasteiger partial charge in [0.25, 0.3) is 0 Å². The lowest BCUT2D eigenvalue weighted by Gasteiger charge is -2.18. The monoisotopic (exact) mass is 357 g/mol. The molecule has 0 saturated carbocycles. The van der Waals surface area contributed by atoms with Crippen LogP contribution in [0.1, 0.15) is 29.0 Å². The molecule has 0 amide bonds. The van der Waals surface area contributed by atoms with E-state index in [1.54, 1.807) is 0 Å². The van der Waals surface area contributed by atoms with E-state index >= 15 is 0 Å². The van der Waals surface area contributed by atoms with Crippen LogP contribution in [0.25, 0.3) is 0 Å². The van der Waals surface area contributed by atoms with Crippen LogP contribution >= 0.6 is 38.9 Å². The highest BCUT2D eigenvalue weighted by Crippen LogP contribution is 2.30. The van der Waals surface area contributed by atoms with Gasteiger partial charge in [-0.15, -0.1) is 11.3 Å². The average Bonchev–Trinajstić information content (AvgIpc) is 2.78. The second-order valence-electron chi connectivity index (χ2n) is 4.52. The van der Waals surface area contributed by atoms with E-state index in [4.69, 9.17) is 11.6 Å². The summed E-state index contributed by atoms with van der Waals surface area (Å²) in [5.41, 5.74) is 2.54. The molecule has 1 aromatic carbocycles. The van der Waals surface area contributed by atoms with Crippen molar-refractivity contribution in [1.82, 2.24) is 5.32 Å². The van der Waals surface area contributed by atoms with Crippen LogP contribution in [-0.2, 0) is 6.42 Å². The molecule has 0 fully saturated rings. The molecule has 1 heterocycles. The molecule has 0 aliphatic rings. The summed E-state index contributed by atoms with van der Waals surface area (Å²) in [7, 11) is 0. The zero-order valence-corrected chi connectivity index (χ0v) is 14.2. The summed E-state index contributed by atoms with van der Waals surface area (Å²) < 4.78 is 1.02. The van der Waals surface area contributed by atoms with E-state index in [1.165, 1.54) is 16.0 Å². The van der Waals surface area contributed by atoms with E-state index in [2.05, 4.69) is 52.6 Å². The van der Waals surface area contributed by atoms with Crippen LogP contribution in [0.2, 0.25) is 5.02 Å². The average molecular weight is 359 g/mol. The number of rotatable bonds is 5. The summed E-state index contributed by atoms with van der Waals surface area (Å²) in [5, 5.41) is 6.53. The van der Waals surface area contributed by atoms with Crippen molar-refractivity contribution in [3.8, 4) is 0 Å². The largest absolute Gasteiger partial charge is 0.309 e. The number of aryl methyl sites for hydroxylation is 1. The third-order valence-electron chi connectivity index (χ3n) is 3.11. The Balaban J connectivity index is 2.24. The van der Waals surface area contributed by atoms with Crippen LogP contribution in [0.5, 0.6) is 0 Å². The molecule has 19 heavy (non-hydrogen) atoms. The molecule has 2 rings (SSSR count). The minimum absolute atomic E-state index is 0.337. The Morgan fingerprint density at radius 3 is 2.74 bits per heavy atom. The lowest BCUT2D eigenvalue weighted by molar-refractivity contribution is 0.556. The highest BCUT2D eigenvalue weighted by atomic mass is 79.9. The van der Waals surface area contributed by atoms with Crippen molar-refractivity contribution in [1.29, 1.82) is 0 Å². The van der Waals surface area contributed by atoms with Gasteiger partial charge in [-0.3, -0.25) is 0 Å². The predicted molar refractivity (Wildman–Crippen MR) is 88.3 cm³/mol. The van der Waals surface area contributed by atoms with Gasteiger partial charge in [-0.05, 0) is 54.6 Å². The summed E-state index contributed by atoms with van der Waals surface area (Å²) in [4.78, 5) is 1.40. The summed E-state index contributed by atoms with van der Waals surface area (Å²) >= 11 is 11.6. The van der Waals surface area contributed by atoms with Crippen LogP contribution in [0.15, 0.2) is 34.1 Å². The van der Waals surface area contributed by atoms with Gasteiger partial charge in [-0.1, -0.05) is 40.5 Å². The maximum atomic E-state index is 6.32. The molecule has 2 aromatic rings. The Bertz CT molecular complexity index is 553. The van der Waals surface area contributed by atoms with Gasteiger partial charge in [0.05, 0.1) is 0 Å². The molecule has 1 atom stereocenters. The molecule has 1 unspecified atom stereocenters. The molecule has 1 nitrogen and oxygen atoms in total. The van der Waals surface area contributed by atoms with Gasteiger partial charge in [0.15, 0.2) is 0 Å². The first-order chi connectivity index (χ1) is 9.11. The van der Waals surface area contributed by atoms with Gasteiger partial charge in [0, 0.05) is 20.4 Å². The number of thiophene rings is 1.